The van der Waals surface area contributed by atoms with Gasteiger partial charge in [0.1, 0.15) is 5.60 Å². The number of carbonyl (C=O) groups excluding carboxylic acids is 1. The molecule has 0 fully saturated rings. The smallest absolute Gasteiger partial charge is 0.438 e. The SMILES string of the molecule is CC(C)c1cc(Oc2c(Cl)cc(N(Cc3noc(=O)[nH]3)C(=O)OC(C)(C)C)cc2Cl)nnc1Cl. The van der Waals surface area contributed by atoms with Crippen LogP contribution in [0.15, 0.2) is 27.5 Å². The molecule has 3 aromatic rings. The molecule has 3 rings (SSSR count). The minimum Gasteiger partial charge on any atom is -0.443 e. The summed E-state index contributed by atoms with van der Waals surface area (Å²) in [5.74, 6) is -0.319. The van der Waals surface area contributed by atoms with Gasteiger partial charge in [-0.25, -0.2) is 9.59 Å². The van der Waals surface area contributed by atoms with Crippen molar-refractivity contribution in [3.8, 4) is 11.6 Å². The summed E-state index contributed by atoms with van der Waals surface area (Å²) in [4.78, 5) is 27.8. The first-order chi connectivity index (χ1) is 15.8. The minimum absolute atomic E-state index is 0.0871. The molecule has 0 aliphatic carbocycles. The van der Waals surface area contributed by atoms with E-state index in [1.807, 2.05) is 13.8 Å². The number of rotatable bonds is 6. The highest BCUT2D eigenvalue weighted by atomic mass is 35.5. The van der Waals surface area contributed by atoms with E-state index in [2.05, 4.69) is 24.9 Å². The Bertz CT molecular complexity index is 1230. The predicted molar refractivity (Wildman–Crippen MR) is 127 cm³/mol. The third-order valence-corrected chi connectivity index (χ3v) is 5.14. The first kappa shape index (κ1) is 25.8. The summed E-state index contributed by atoms with van der Waals surface area (Å²) in [6, 6.07) is 4.56. The van der Waals surface area contributed by atoms with Crippen molar-refractivity contribution in [3.05, 3.63) is 55.3 Å². The molecule has 0 atom stereocenters. The van der Waals surface area contributed by atoms with Crippen LogP contribution in [0.25, 0.3) is 0 Å². The van der Waals surface area contributed by atoms with E-state index in [4.69, 9.17) is 44.3 Å². The molecule has 2 aromatic heterocycles. The zero-order valence-electron chi connectivity index (χ0n) is 19.0. The number of nitrogens with zero attached hydrogens (tertiary/aromatic N) is 4. The summed E-state index contributed by atoms with van der Waals surface area (Å²) < 4.78 is 15.8. The molecular weight excluding hydrogens is 509 g/mol. The Balaban J connectivity index is 1.96. The second kappa shape index (κ2) is 10.2. The van der Waals surface area contributed by atoms with E-state index in [1.54, 1.807) is 26.8 Å². The fourth-order valence-corrected chi connectivity index (χ4v) is 3.65. The summed E-state index contributed by atoms with van der Waals surface area (Å²) in [6.45, 7) is 8.89. The topological polar surface area (TPSA) is 123 Å². The molecule has 13 heteroatoms. The van der Waals surface area contributed by atoms with E-state index < -0.39 is 17.5 Å². The summed E-state index contributed by atoms with van der Waals surface area (Å²) in [5.41, 5.74) is 0.226. The van der Waals surface area contributed by atoms with E-state index in [-0.39, 0.29) is 50.8 Å². The van der Waals surface area contributed by atoms with Crippen molar-refractivity contribution in [1.82, 2.24) is 20.3 Å². The van der Waals surface area contributed by atoms with Crippen LogP contribution < -0.4 is 15.4 Å². The van der Waals surface area contributed by atoms with Crippen LogP contribution in [0.5, 0.6) is 11.6 Å². The fraction of sp³-hybridized carbons (Fsp3) is 0.381. The van der Waals surface area contributed by atoms with Crippen LogP contribution in [0, 0.1) is 0 Å². The van der Waals surface area contributed by atoms with Gasteiger partial charge in [0.2, 0.25) is 5.88 Å². The molecule has 182 valence electrons. The Morgan fingerprint density at radius 2 is 1.79 bits per heavy atom. The van der Waals surface area contributed by atoms with Crippen molar-refractivity contribution in [2.75, 3.05) is 4.90 Å². The molecule has 34 heavy (non-hydrogen) atoms. The molecule has 0 saturated carbocycles. The Hall–Kier alpha value is -2.82. The molecule has 10 nitrogen and oxygen atoms in total. The van der Waals surface area contributed by atoms with Crippen LogP contribution in [-0.4, -0.2) is 32.0 Å². The molecule has 0 unspecified atom stereocenters. The molecule has 0 saturated heterocycles. The third-order valence-electron chi connectivity index (χ3n) is 4.28. The highest BCUT2D eigenvalue weighted by molar-refractivity contribution is 6.37. The van der Waals surface area contributed by atoms with Gasteiger partial charge in [-0.2, -0.15) is 0 Å². The van der Waals surface area contributed by atoms with Gasteiger partial charge in [0, 0.05) is 6.07 Å². The summed E-state index contributed by atoms with van der Waals surface area (Å²) in [5, 5.41) is 11.9. The average Bonchev–Trinajstić information content (AvgIpc) is 3.13. The molecule has 2 heterocycles. The largest absolute Gasteiger partial charge is 0.443 e. The number of amides is 1. The van der Waals surface area contributed by atoms with Crippen LogP contribution in [0.1, 0.15) is 51.9 Å². The van der Waals surface area contributed by atoms with Gasteiger partial charge in [-0.1, -0.05) is 53.8 Å². The number of aromatic amines is 1. The standard InChI is InChI=1S/C21H22Cl3N5O5/c1-10(2)12-8-16(26-27-18(12)24)32-17-13(22)6-11(7-14(17)23)29(20(31)33-21(3,4)5)9-15-25-19(30)34-28-15/h6-8,10H,9H2,1-5H3,(H,25,28,30). The van der Waals surface area contributed by atoms with E-state index in [0.717, 1.165) is 5.56 Å². The van der Waals surface area contributed by atoms with Crippen molar-refractivity contribution < 1.29 is 18.8 Å². The van der Waals surface area contributed by atoms with Crippen LogP contribution in [-0.2, 0) is 11.3 Å². The van der Waals surface area contributed by atoms with Gasteiger partial charge >= 0.3 is 11.8 Å². The van der Waals surface area contributed by atoms with Gasteiger partial charge in [-0.05, 0) is 44.4 Å². The van der Waals surface area contributed by atoms with Crippen molar-refractivity contribution in [3.63, 3.8) is 0 Å². The molecule has 1 amide bonds. The number of nitrogens with one attached hydrogen (secondary N) is 1. The van der Waals surface area contributed by atoms with Crippen LogP contribution in [0.4, 0.5) is 10.5 Å². The first-order valence-corrected chi connectivity index (χ1v) is 11.2. The molecule has 0 bridgehead atoms. The Morgan fingerprint density at radius 3 is 2.32 bits per heavy atom. The van der Waals surface area contributed by atoms with Gasteiger partial charge in [-0.3, -0.25) is 14.4 Å². The van der Waals surface area contributed by atoms with E-state index >= 15 is 0 Å². The number of carbonyl (C=O) groups is 1. The quantitative estimate of drug-likeness (QED) is 0.413. The van der Waals surface area contributed by atoms with Crippen molar-refractivity contribution in [2.45, 2.75) is 52.7 Å². The molecule has 0 spiro atoms. The highest BCUT2D eigenvalue weighted by Gasteiger charge is 2.27. The van der Waals surface area contributed by atoms with Crippen molar-refractivity contribution in [2.24, 2.45) is 0 Å². The van der Waals surface area contributed by atoms with E-state index in [9.17, 15) is 9.59 Å². The molecular formula is C21H22Cl3N5O5. The number of H-pyrrole nitrogens is 1. The number of anilines is 1. The maximum atomic E-state index is 12.9. The van der Waals surface area contributed by atoms with Crippen molar-refractivity contribution >= 4 is 46.6 Å². The summed E-state index contributed by atoms with van der Waals surface area (Å²) in [6.07, 6.45) is -0.720. The van der Waals surface area contributed by atoms with Crippen LogP contribution >= 0.6 is 34.8 Å². The zero-order valence-corrected chi connectivity index (χ0v) is 21.2. The molecule has 0 aliphatic heterocycles. The number of hydrogen-bond donors (Lipinski definition) is 1. The average molecular weight is 531 g/mol. The molecule has 0 aliphatic rings. The first-order valence-electron chi connectivity index (χ1n) is 10.1. The van der Waals surface area contributed by atoms with E-state index in [1.165, 1.54) is 17.0 Å². The lowest BCUT2D eigenvalue weighted by Gasteiger charge is -2.27. The molecule has 0 radical (unpaired) electrons. The number of halogens is 3. The highest BCUT2D eigenvalue weighted by Crippen LogP contribution is 2.40. The van der Waals surface area contributed by atoms with Gasteiger partial charge in [0.15, 0.2) is 16.7 Å². The second-order valence-corrected chi connectivity index (χ2v) is 9.70. The number of benzene rings is 1. The molecule has 1 aromatic carbocycles. The van der Waals surface area contributed by atoms with Crippen molar-refractivity contribution in [1.29, 1.82) is 0 Å². The lowest BCUT2D eigenvalue weighted by Crippen LogP contribution is -2.37. The van der Waals surface area contributed by atoms with Gasteiger partial charge in [-0.15, -0.1) is 10.2 Å². The predicted octanol–water partition coefficient (Wildman–Crippen LogP) is 5.97. The number of aromatic nitrogens is 4. The fourth-order valence-electron chi connectivity index (χ4n) is 2.79. The Morgan fingerprint density at radius 1 is 1.15 bits per heavy atom. The Kier molecular flexibility index (Phi) is 7.74. The zero-order chi connectivity index (χ0) is 25.2. The van der Waals surface area contributed by atoms with E-state index in [0.29, 0.717) is 0 Å². The minimum atomic E-state index is -0.787. The monoisotopic (exact) mass is 529 g/mol. The number of ether oxygens (including phenoxy) is 2. The summed E-state index contributed by atoms with van der Waals surface area (Å²) in [7, 11) is 0. The lowest BCUT2D eigenvalue weighted by atomic mass is 10.1. The Labute approximate surface area is 210 Å². The number of hydrogen-bond acceptors (Lipinski definition) is 8. The molecule has 1 N–H and O–H groups in total. The normalized spacial score (nSPS) is 11.6. The van der Waals surface area contributed by atoms with Crippen LogP contribution in [0.3, 0.4) is 0 Å². The lowest BCUT2D eigenvalue weighted by molar-refractivity contribution is 0.0576. The maximum absolute atomic E-state index is 12.9. The van der Waals surface area contributed by atoms with Gasteiger partial charge in [0.05, 0.1) is 22.3 Å². The maximum Gasteiger partial charge on any atom is 0.438 e. The third kappa shape index (κ3) is 6.40. The van der Waals surface area contributed by atoms with Crippen LogP contribution in [0.2, 0.25) is 15.2 Å². The second-order valence-electron chi connectivity index (χ2n) is 8.53. The summed E-state index contributed by atoms with van der Waals surface area (Å²) >= 11 is 19.0. The van der Waals surface area contributed by atoms with Gasteiger partial charge < -0.3 is 9.47 Å². The van der Waals surface area contributed by atoms with Gasteiger partial charge in [0.25, 0.3) is 0 Å².